The van der Waals surface area contributed by atoms with E-state index in [1.165, 1.54) is 0 Å². The Morgan fingerprint density at radius 1 is 0.963 bits per heavy atom. The van der Waals surface area contributed by atoms with Crippen LogP contribution in [0.5, 0.6) is 0 Å². The van der Waals surface area contributed by atoms with Crippen LogP contribution in [0.2, 0.25) is 0 Å². The minimum Gasteiger partial charge on any atom is -0.359 e. The smallest absolute Gasteiger partial charge is 0.190 e. The van der Waals surface area contributed by atoms with E-state index >= 15 is 0 Å². The SMILES string of the molecule is COCO[C@H](c1ccccc1)[C@H]1C=CCC2=C1C(=O)c1ccccc1C2=O. The molecule has 0 unspecified atom stereocenters. The molecule has 0 amide bonds. The number of carbonyl (C=O) groups excluding carboxylic acids is 2. The molecule has 2 aliphatic carbocycles. The van der Waals surface area contributed by atoms with Gasteiger partial charge in [-0.3, -0.25) is 9.59 Å². The van der Waals surface area contributed by atoms with Crippen molar-refractivity contribution in [3.8, 4) is 0 Å². The molecule has 0 spiro atoms. The van der Waals surface area contributed by atoms with Crippen molar-refractivity contribution in [2.75, 3.05) is 13.9 Å². The van der Waals surface area contributed by atoms with E-state index in [9.17, 15) is 9.59 Å². The fourth-order valence-electron chi connectivity index (χ4n) is 3.87. The Kier molecular flexibility index (Phi) is 4.84. The van der Waals surface area contributed by atoms with Gasteiger partial charge in [-0.25, -0.2) is 0 Å². The van der Waals surface area contributed by atoms with Crippen molar-refractivity contribution in [1.29, 1.82) is 0 Å². The van der Waals surface area contributed by atoms with Crippen molar-refractivity contribution in [3.05, 3.63) is 94.6 Å². The minimum absolute atomic E-state index is 0.0619. The highest BCUT2D eigenvalue weighted by Gasteiger charge is 2.39. The Labute approximate surface area is 158 Å². The van der Waals surface area contributed by atoms with E-state index in [1.54, 1.807) is 31.4 Å². The summed E-state index contributed by atoms with van der Waals surface area (Å²) in [4.78, 5) is 26.3. The lowest BCUT2D eigenvalue weighted by atomic mass is 9.72. The number of hydrogen-bond acceptors (Lipinski definition) is 4. The molecule has 4 rings (SSSR count). The number of fused-ring (bicyclic) bond motifs is 1. The zero-order valence-corrected chi connectivity index (χ0v) is 15.1. The highest BCUT2D eigenvalue weighted by Crippen LogP contribution is 2.42. The van der Waals surface area contributed by atoms with E-state index in [1.807, 2.05) is 42.5 Å². The Morgan fingerprint density at radius 2 is 1.63 bits per heavy atom. The van der Waals surface area contributed by atoms with E-state index in [-0.39, 0.29) is 24.3 Å². The van der Waals surface area contributed by atoms with Crippen LogP contribution < -0.4 is 0 Å². The van der Waals surface area contributed by atoms with Crippen LogP contribution in [-0.4, -0.2) is 25.5 Å². The zero-order chi connectivity index (χ0) is 18.8. The lowest BCUT2D eigenvalue weighted by molar-refractivity contribution is -0.0828. The third-order valence-corrected chi connectivity index (χ3v) is 5.08. The van der Waals surface area contributed by atoms with Gasteiger partial charge in [0, 0.05) is 35.3 Å². The minimum atomic E-state index is -0.408. The van der Waals surface area contributed by atoms with E-state index in [0.717, 1.165) is 5.56 Å². The van der Waals surface area contributed by atoms with Gasteiger partial charge in [-0.2, -0.15) is 0 Å². The van der Waals surface area contributed by atoms with E-state index < -0.39 is 6.10 Å². The summed E-state index contributed by atoms with van der Waals surface area (Å²) < 4.78 is 11.1. The van der Waals surface area contributed by atoms with E-state index in [0.29, 0.717) is 28.7 Å². The number of Topliss-reactive ketones (excluding diaryl/α,β-unsaturated/α-hetero) is 2. The second-order valence-corrected chi connectivity index (χ2v) is 6.66. The van der Waals surface area contributed by atoms with Crippen LogP contribution in [0.1, 0.15) is 38.8 Å². The van der Waals surface area contributed by atoms with Crippen LogP contribution in [0, 0.1) is 5.92 Å². The fourth-order valence-corrected chi connectivity index (χ4v) is 3.87. The van der Waals surface area contributed by atoms with Gasteiger partial charge in [-0.05, 0) is 12.0 Å². The maximum Gasteiger partial charge on any atom is 0.190 e. The van der Waals surface area contributed by atoms with Crippen molar-refractivity contribution in [2.24, 2.45) is 5.92 Å². The Morgan fingerprint density at radius 3 is 2.33 bits per heavy atom. The molecule has 2 atom stereocenters. The standard InChI is InChI=1S/C23H20O4/c1-26-14-27-23(15-8-3-2-4-9-15)19-13-7-12-18-20(19)22(25)17-11-6-5-10-16(17)21(18)24/h2-11,13,19,23H,12,14H2,1H3/t19-,23+/m0/s1. The predicted molar refractivity (Wildman–Crippen MR) is 102 cm³/mol. The molecule has 136 valence electrons. The monoisotopic (exact) mass is 360 g/mol. The predicted octanol–water partition coefficient (Wildman–Crippen LogP) is 4.30. The molecule has 0 aliphatic heterocycles. The maximum absolute atomic E-state index is 13.3. The first-order chi connectivity index (χ1) is 13.2. The molecule has 0 N–H and O–H groups in total. The van der Waals surface area contributed by atoms with Gasteiger partial charge in [0.05, 0.1) is 6.10 Å². The Hall–Kier alpha value is -2.82. The highest BCUT2D eigenvalue weighted by molar-refractivity contribution is 6.27. The van der Waals surface area contributed by atoms with Gasteiger partial charge >= 0.3 is 0 Å². The van der Waals surface area contributed by atoms with Crippen molar-refractivity contribution in [1.82, 2.24) is 0 Å². The first kappa shape index (κ1) is 17.6. The molecule has 0 fully saturated rings. The molecule has 0 bridgehead atoms. The summed E-state index contributed by atoms with van der Waals surface area (Å²) in [6, 6.07) is 16.8. The van der Waals surface area contributed by atoms with Crippen LogP contribution in [0.25, 0.3) is 0 Å². The van der Waals surface area contributed by atoms with Crippen LogP contribution in [0.4, 0.5) is 0 Å². The van der Waals surface area contributed by atoms with Gasteiger partial charge in [0.2, 0.25) is 0 Å². The Balaban J connectivity index is 1.80. The van der Waals surface area contributed by atoms with Crippen LogP contribution in [0.15, 0.2) is 77.9 Å². The molecule has 0 saturated carbocycles. The summed E-state index contributed by atoms with van der Waals surface area (Å²) in [5, 5.41) is 0. The quantitative estimate of drug-likeness (QED) is 0.589. The first-order valence-electron chi connectivity index (χ1n) is 8.96. The number of allylic oxidation sites excluding steroid dienone is 2. The summed E-state index contributed by atoms with van der Waals surface area (Å²) in [6.45, 7) is 0.102. The van der Waals surface area contributed by atoms with Gasteiger partial charge in [0.1, 0.15) is 6.79 Å². The molecule has 2 aromatic rings. The largest absolute Gasteiger partial charge is 0.359 e. The molecular formula is C23H20O4. The zero-order valence-electron chi connectivity index (χ0n) is 15.1. The molecule has 0 radical (unpaired) electrons. The molecule has 2 aromatic carbocycles. The van der Waals surface area contributed by atoms with Crippen molar-refractivity contribution < 1.29 is 19.1 Å². The summed E-state index contributed by atoms with van der Waals surface area (Å²) in [7, 11) is 1.56. The highest BCUT2D eigenvalue weighted by atomic mass is 16.7. The van der Waals surface area contributed by atoms with Crippen LogP contribution in [0.3, 0.4) is 0 Å². The Bertz CT molecular complexity index is 940. The van der Waals surface area contributed by atoms with Crippen molar-refractivity contribution in [3.63, 3.8) is 0 Å². The molecule has 4 nitrogen and oxygen atoms in total. The number of carbonyl (C=O) groups is 2. The van der Waals surface area contributed by atoms with E-state index in [4.69, 9.17) is 9.47 Å². The summed E-state index contributed by atoms with van der Waals surface area (Å²) in [5.41, 5.74) is 3.03. The third-order valence-electron chi connectivity index (χ3n) is 5.08. The second kappa shape index (κ2) is 7.43. The fraction of sp³-hybridized carbons (Fsp3) is 0.217. The van der Waals surface area contributed by atoms with Crippen molar-refractivity contribution >= 4 is 11.6 Å². The molecular weight excluding hydrogens is 340 g/mol. The van der Waals surface area contributed by atoms with Gasteiger partial charge in [-0.1, -0.05) is 66.7 Å². The summed E-state index contributed by atoms with van der Waals surface area (Å²) >= 11 is 0. The topological polar surface area (TPSA) is 52.6 Å². The first-order valence-corrected chi connectivity index (χ1v) is 8.96. The molecule has 4 heteroatoms. The lowest BCUT2D eigenvalue weighted by Gasteiger charge is -2.33. The average Bonchev–Trinajstić information content (AvgIpc) is 2.73. The number of ether oxygens (including phenoxy) is 2. The van der Waals surface area contributed by atoms with Crippen molar-refractivity contribution in [2.45, 2.75) is 12.5 Å². The van der Waals surface area contributed by atoms with Crippen LogP contribution >= 0.6 is 0 Å². The summed E-state index contributed by atoms with van der Waals surface area (Å²) in [6.07, 6.45) is 3.99. The average molecular weight is 360 g/mol. The number of ketones is 2. The number of hydrogen-bond donors (Lipinski definition) is 0. The molecule has 0 saturated heterocycles. The third kappa shape index (κ3) is 3.07. The van der Waals surface area contributed by atoms with Gasteiger partial charge in [0.15, 0.2) is 11.6 Å². The molecule has 27 heavy (non-hydrogen) atoms. The molecule has 2 aliphatic rings. The lowest BCUT2D eigenvalue weighted by Crippen LogP contribution is -2.31. The maximum atomic E-state index is 13.3. The number of methoxy groups -OCH3 is 1. The van der Waals surface area contributed by atoms with Crippen LogP contribution in [-0.2, 0) is 9.47 Å². The van der Waals surface area contributed by atoms with Gasteiger partial charge in [-0.15, -0.1) is 0 Å². The second-order valence-electron chi connectivity index (χ2n) is 6.66. The molecule has 0 heterocycles. The normalized spacial score (nSPS) is 19.7. The number of benzene rings is 2. The van der Waals surface area contributed by atoms with Gasteiger partial charge < -0.3 is 9.47 Å². The number of rotatable bonds is 5. The summed E-state index contributed by atoms with van der Waals surface area (Å²) in [5.74, 6) is -0.485. The van der Waals surface area contributed by atoms with Gasteiger partial charge in [0.25, 0.3) is 0 Å². The molecule has 0 aromatic heterocycles. The van der Waals surface area contributed by atoms with E-state index in [2.05, 4.69) is 0 Å².